The summed E-state index contributed by atoms with van der Waals surface area (Å²) < 4.78 is 4.95. The number of methoxy groups -OCH3 is 1. The second kappa shape index (κ2) is 8.04. The van der Waals surface area contributed by atoms with E-state index in [0.29, 0.717) is 19.7 Å². The molecule has 8 nitrogen and oxygen atoms in total. The second-order valence-electron chi connectivity index (χ2n) is 4.65. The van der Waals surface area contributed by atoms with Crippen molar-refractivity contribution in [3.05, 3.63) is 46.8 Å². The van der Waals surface area contributed by atoms with Crippen LogP contribution in [-0.4, -0.2) is 41.7 Å². The van der Waals surface area contributed by atoms with E-state index < -0.39 is 4.92 Å². The fourth-order valence-electron chi connectivity index (χ4n) is 2.20. The average molecular weight is 317 g/mol. The summed E-state index contributed by atoms with van der Waals surface area (Å²) in [5, 5.41) is 14.5. The predicted molar refractivity (Wildman–Crippen MR) is 88.2 cm³/mol. The molecule has 1 heterocycles. The van der Waals surface area contributed by atoms with Crippen molar-refractivity contribution >= 4 is 23.0 Å². The van der Waals surface area contributed by atoms with Crippen LogP contribution in [0.3, 0.4) is 0 Å². The van der Waals surface area contributed by atoms with Gasteiger partial charge in [0.25, 0.3) is 0 Å². The van der Waals surface area contributed by atoms with Gasteiger partial charge in [0.15, 0.2) is 0 Å². The summed E-state index contributed by atoms with van der Waals surface area (Å²) >= 11 is 0. The number of hydrogen-bond donors (Lipinski definition) is 1. The number of anilines is 3. The van der Waals surface area contributed by atoms with Crippen LogP contribution >= 0.6 is 0 Å². The monoisotopic (exact) mass is 317 g/mol. The van der Waals surface area contributed by atoms with Gasteiger partial charge in [-0.25, -0.2) is 9.97 Å². The Morgan fingerprint density at radius 1 is 1.30 bits per heavy atom. The Morgan fingerprint density at radius 2 is 2.04 bits per heavy atom. The maximum absolute atomic E-state index is 11.6. The Hall–Kier alpha value is -2.74. The Kier molecular flexibility index (Phi) is 5.81. The highest BCUT2D eigenvalue weighted by atomic mass is 16.6. The molecule has 0 radical (unpaired) electrons. The molecule has 0 aliphatic heterocycles. The first-order valence-corrected chi connectivity index (χ1v) is 7.23. The van der Waals surface area contributed by atoms with Gasteiger partial charge in [-0.3, -0.25) is 10.1 Å². The van der Waals surface area contributed by atoms with Crippen LogP contribution in [0.25, 0.3) is 0 Å². The van der Waals surface area contributed by atoms with E-state index in [1.54, 1.807) is 12.0 Å². The van der Waals surface area contributed by atoms with Crippen molar-refractivity contribution in [3.8, 4) is 0 Å². The maximum atomic E-state index is 11.6. The smallest absolute Gasteiger partial charge is 0.353 e. The number of nitrogens with one attached hydrogen (secondary N) is 1. The molecule has 122 valence electrons. The van der Waals surface area contributed by atoms with Crippen LogP contribution in [0.1, 0.15) is 6.92 Å². The molecule has 23 heavy (non-hydrogen) atoms. The van der Waals surface area contributed by atoms with Crippen molar-refractivity contribution in [1.82, 2.24) is 9.97 Å². The number of aromatic nitrogens is 2. The summed E-state index contributed by atoms with van der Waals surface area (Å²) in [7, 11) is 1.57. The van der Waals surface area contributed by atoms with Gasteiger partial charge >= 0.3 is 5.69 Å². The minimum Gasteiger partial charge on any atom is -0.383 e. The molecule has 0 amide bonds. The van der Waals surface area contributed by atoms with Crippen LogP contribution in [0.2, 0.25) is 0 Å². The minimum absolute atomic E-state index is 0.144. The lowest BCUT2D eigenvalue weighted by molar-refractivity contribution is -0.383. The quantitative estimate of drug-likeness (QED) is 0.454. The summed E-state index contributed by atoms with van der Waals surface area (Å²) in [6.07, 6.45) is 1.32. The second-order valence-corrected chi connectivity index (χ2v) is 4.65. The largest absolute Gasteiger partial charge is 0.383 e. The third-order valence-electron chi connectivity index (χ3n) is 3.22. The number of rotatable bonds is 8. The van der Waals surface area contributed by atoms with E-state index in [4.69, 9.17) is 4.74 Å². The summed E-state index contributed by atoms with van der Waals surface area (Å²) in [5.74, 6) is 0.449. The molecule has 1 N–H and O–H groups in total. The van der Waals surface area contributed by atoms with Gasteiger partial charge in [0.1, 0.15) is 6.33 Å². The van der Waals surface area contributed by atoms with E-state index in [-0.39, 0.29) is 17.3 Å². The topological polar surface area (TPSA) is 93.4 Å². The van der Waals surface area contributed by atoms with E-state index in [1.807, 2.05) is 37.3 Å². The summed E-state index contributed by atoms with van der Waals surface area (Å²) in [6.45, 7) is 3.30. The van der Waals surface area contributed by atoms with Gasteiger partial charge in [-0.1, -0.05) is 18.2 Å². The van der Waals surface area contributed by atoms with Gasteiger partial charge in [0, 0.05) is 25.9 Å². The van der Waals surface area contributed by atoms with Gasteiger partial charge in [-0.2, -0.15) is 0 Å². The van der Waals surface area contributed by atoms with Crippen molar-refractivity contribution in [3.63, 3.8) is 0 Å². The van der Waals surface area contributed by atoms with Gasteiger partial charge in [0.2, 0.25) is 11.6 Å². The molecule has 2 rings (SSSR count). The highest BCUT2D eigenvalue weighted by molar-refractivity contribution is 5.75. The predicted octanol–water partition coefficient (Wildman–Crippen LogP) is 2.60. The van der Waals surface area contributed by atoms with Crippen molar-refractivity contribution in [2.75, 3.05) is 37.0 Å². The standard InChI is InChI=1S/C15H19N5O3/c1-3-19(12-7-5-4-6-8-12)15-13(20(21)22)14(17-11-18-15)16-9-10-23-2/h4-8,11H,3,9-10H2,1-2H3,(H,16,17,18). The summed E-state index contributed by atoms with van der Waals surface area (Å²) in [6, 6.07) is 9.41. The average Bonchev–Trinajstić information content (AvgIpc) is 2.57. The lowest BCUT2D eigenvalue weighted by atomic mass is 10.2. The number of benzene rings is 1. The molecule has 0 fully saturated rings. The zero-order chi connectivity index (χ0) is 16.7. The van der Waals surface area contributed by atoms with Crippen molar-refractivity contribution in [2.45, 2.75) is 6.92 Å². The molecular weight excluding hydrogens is 298 g/mol. The van der Waals surface area contributed by atoms with Gasteiger partial charge in [-0.15, -0.1) is 0 Å². The molecule has 0 spiro atoms. The zero-order valence-corrected chi connectivity index (χ0v) is 13.1. The molecule has 2 aromatic rings. The Morgan fingerprint density at radius 3 is 2.65 bits per heavy atom. The van der Waals surface area contributed by atoms with Crippen molar-refractivity contribution in [2.24, 2.45) is 0 Å². The lowest BCUT2D eigenvalue weighted by Crippen LogP contribution is -2.20. The zero-order valence-electron chi connectivity index (χ0n) is 13.1. The van der Waals surface area contributed by atoms with Crippen LogP contribution in [0.15, 0.2) is 36.7 Å². The summed E-state index contributed by atoms with van der Waals surface area (Å²) in [5.41, 5.74) is 0.689. The third kappa shape index (κ3) is 3.92. The molecule has 1 aromatic heterocycles. The molecule has 0 aliphatic rings. The molecule has 1 aromatic carbocycles. The normalized spacial score (nSPS) is 10.3. The van der Waals surface area contributed by atoms with E-state index in [2.05, 4.69) is 15.3 Å². The fourth-order valence-corrected chi connectivity index (χ4v) is 2.20. The SMILES string of the molecule is CCN(c1ccccc1)c1ncnc(NCCOC)c1[N+](=O)[O-]. The Bertz CT molecular complexity index is 651. The number of nitro groups is 1. The molecule has 0 bridgehead atoms. The highest BCUT2D eigenvalue weighted by Crippen LogP contribution is 2.35. The molecule has 0 saturated carbocycles. The number of nitrogens with zero attached hydrogens (tertiary/aromatic N) is 4. The Labute approximate surface area is 134 Å². The van der Waals surface area contributed by atoms with Crippen LogP contribution in [0, 0.1) is 10.1 Å². The molecule has 8 heteroatoms. The van der Waals surface area contributed by atoms with E-state index in [0.717, 1.165) is 5.69 Å². The summed E-state index contributed by atoms with van der Waals surface area (Å²) in [4.78, 5) is 21.0. The highest BCUT2D eigenvalue weighted by Gasteiger charge is 2.27. The molecule has 0 aliphatic carbocycles. The third-order valence-corrected chi connectivity index (χ3v) is 3.22. The fraction of sp³-hybridized carbons (Fsp3) is 0.333. The first-order valence-electron chi connectivity index (χ1n) is 7.23. The van der Waals surface area contributed by atoms with Gasteiger partial charge < -0.3 is 15.0 Å². The lowest BCUT2D eigenvalue weighted by Gasteiger charge is -2.22. The molecule has 0 atom stereocenters. The first-order chi connectivity index (χ1) is 11.2. The van der Waals surface area contributed by atoms with Crippen LogP contribution in [0.4, 0.5) is 23.0 Å². The van der Waals surface area contributed by atoms with E-state index in [9.17, 15) is 10.1 Å². The molecule has 0 saturated heterocycles. The first kappa shape index (κ1) is 16.6. The van der Waals surface area contributed by atoms with Crippen molar-refractivity contribution < 1.29 is 9.66 Å². The number of ether oxygens (including phenoxy) is 1. The van der Waals surface area contributed by atoms with Crippen molar-refractivity contribution in [1.29, 1.82) is 0 Å². The van der Waals surface area contributed by atoms with Gasteiger partial charge in [0.05, 0.1) is 11.5 Å². The Balaban J connectivity index is 2.44. The molecular formula is C15H19N5O3. The van der Waals surface area contributed by atoms with E-state index >= 15 is 0 Å². The maximum Gasteiger partial charge on any atom is 0.353 e. The van der Waals surface area contributed by atoms with Crippen LogP contribution in [0.5, 0.6) is 0 Å². The number of para-hydroxylation sites is 1. The number of hydrogen-bond acceptors (Lipinski definition) is 7. The van der Waals surface area contributed by atoms with E-state index in [1.165, 1.54) is 6.33 Å². The van der Waals surface area contributed by atoms with Crippen LogP contribution in [-0.2, 0) is 4.74 Å². The molecule has 0 unspecified atom stereocenters. The van der Waals surface area contributed by atoms with Crippen LogP contribution < -0.4 is 10.2 Å². The minimum atomic E-state index is -0.462. The van der Waals surface area contributed by atoms with Gasteiger partial charge in [-0.05, 0) is 19.1 Å².